The van der Waals surface area contributed by atoms with Gasteiger partial charge in [0.2, 0.25) is 0 Å². The van der Waals surface area contributed by atoms with E-state index in [2.05, 4.69) is 192 Å². The average molecular weight is 567 g/mol. The summed E-state index contributed by atoms with van der Waals surface area (Å²) in [7, 11) is 0. The summed E-state index contributed by atoms with van der Waals surface area (Å²) >= 11 is 0. The number of rotatable bonds is 6. The molecular weight excluding hydrogens is 532 g/mol. The number of hydrogen-bond acceptors (Lipinski definition) is 2. The van der Waals surface area contributed by atoms with Gasteiger partial charge in [-0.15, -0.1) is 0 Å². The summed E-state index contributed by atoms with van der Waals surface area (Å²) in [6, 6.07) is 48.8. The van der Waals surface area contributed by atoms with Crippen LogP contribution in [0.2, 0.25) is 0 Å². The standard InChI is InChI=1S/C42H34N2/c1-3-13-33(14-4-1)37-17-7-10-20-40(37)43(34-15-5-2-6-16-34)35-27-23-31(24-28-35)32-25-29-36(30-26-32)44-41-21-11-8-18-38(41)39-19-9-12-22-42(39)44/h1-30,38-39,41-42H. The van der Waals surface area contributed by atoms with E-state index in [0.29, 0.717) is 23.9 Å². The molecule has 0 aromatic heterocycles. The van der Waals surface area contributed by atoms with Gasteiger partial charge in [-0.05, 0) is 59.2 Å². The molecule has 0 radical (unpaired) electrons. The molecule has 4 unspecified atom stereocenters. The van der Waals surface area contributed by atoms with Crippen LogP contribution in [0, 0.1) is 11.8 Å². The monoisotopic (exact) mass is 566 g/mol. The van der Waals surface area contributed by atoms with Crippen molar-refractivity contribution in [1.82, 2.24) is 0 Å². The van der Waals surface area contributed by atoms with Crippen molar-refractivity contribution in [3.63, 3.8) is 0 Å². The van der Waals surface area contributed by atoms with E-state index in [4.69, 9.17) is 0 Å². The van der Waals surface area contributed by atoms with Crippen molar-refractivity contribution in [3.05, 3.63) is 182 Å². The molecule has 2 heteroatoms. The van der Waals surface area contributed by atoms with Crippen molar-refractivity contribution in [2.75, 3.05) is 9.80 Å². The molecule has 3 aliphatic rings. The number of anilines is 4. The van der Waals surface area contributed by atoms with Gasteiger partial charge < -0.3 is 9.80 Å². The van der Waals surface area contributed by atoms with Crippen LogP contribution in [-0.2, 0) is 0 Å². The van der Waals surface area contributed by atoms with E-state index in [0.717, 1.165) is 17.1 Å². The fourth-order valence-electron chi connectivity index (χ4n) is 7.20. The third kappa shape index (κ3) is 4.69. The molecule has 1 heterocycles. The third-order valence-electron chi connectivity index (χ3n) is 9.25. The summed E-state index contributed by atoms with van der Waals surface area (Å²) in [5, 5.41) is 0. The Hall–Kier alpha value is -5.34. The molecule has 0 saturated carbocycles. The van der Waals surface area contributed by atoms with E-state index >= 15 is 0 Å². The van der Waals surface area contributed by atoms with Gasteiger partial charge in [0.1, 0.15) is 0 Å². The van der Waals surface area contributed by atoms with Crippen molar-refractivity contribution >= 4 is 22.7 Å². The van der Waals surface area contributed by atoms with Crippen LogP contribution in [0.1, 0.15) is 0 Å². The first kappa shape index (κ1) is 26.3. The number of nitrogens with zero attached hydrogens (tertiary/aromatic N) is 2. The van der Waals surface area contributed by atoms with Gasteiger partial charge in [0.05, 0.1) is 17.8 Å². The first-order chi connectivity index (χ1) is 21.8. The van der Waals surface area contributed by atoms with Gasteiger partial charge >= 0.3 is 0 Å². The molecule has 212 valence electrons. The van der Waals surface area contributed by atoms with E-state index in [1.165, 1.54) is 27.9 Å². The van der Waals surface area contributed by atoms with Gasteiger partial charge in [0, 0.05) is 34.5 Å². The number of para-hydroxylation sites is 2. The topological polar surface area (TPSA) is 6.48 Å². The molecule has 2 aliphatic carbocycles. The lowest BCUT2D eigenvalue weighted by molar-refractivity contribution is 0.527. The highest BCUT2D eigenvalue weighted by molar-refractivity contribution is 5.88. The molecule has 4 atom stereocenters. The predicted octanol–water partition coefficient (Wildman–Crippen LogP) is 10.5. The second-order valence-corrected chi connectivity index (χ2v) is 11.7. The highest BCUT2D eigenvalue weighted by Crippen LogP contribution is 2.45. The molecule has 1 aliphatic heterocycles. The maximum Gasteiger partial charge on any atom is 0.0551 e. The van der Waals surface area contributed by atoms with Gasteiger partial charge in [0.25, 0.3) is 0 Å². The number of allylic oxidation sites excluding steroid dienone is 4. The highest BCUT2D eigenvalue weighted by Gasteiger charge is 2.45. The van der Waals surface area contributed by atoms with Gasteiger partial charge in [-0.2, -0.15) is 0 Å². The normalized spacial score (nSPS) is 21.2. The maximum absolute atomic E-state index is 2.60. The van der Waals surface area contributed by atoms with Crippen molar-refractivity contribution in [2.24, 2.45) is 11.8 Å². The fourth-order valence-corrected chi connectivity index (χ4v) is 7.20. The van der Waals surface area contributed by atoms with Crippen LogP contribution in [-0.4, -0.2) is 12.1 Å². The zero-order valence-electron chi connectivity index (χ0n) is 24.5. The van der Waals surface area contributed by atoms with Crippen LogP contribution in [0.3, 0.4) is 0 Å². The number of hydrogen-bond donors (Lipinski definition) is 0. The lowest BCUT2D eigenvalue weighted by Crippen LogP contribution is -2.36. The largest absolute Gasteiger partial charge is 0.357 e. The minimum Gasteiger partial charge on any atom is -0.357 e. The van der Waals surface area contributed by atoms with Gasteiger partial charge in [-0.1, -0.05) is 140 Å². The molecule has 0 amide bonds. The number of benzene rings is 5. The molecule has 5 aromatic rings. The molecule has 0 N–H and O–H groups in total. The van der Waals surface area contributed by atoms with Crippen LogP contribution < -0.4 is 9.80 Å². The lowest BCUT2D eigenvalue weighted by Gasteiger charge is -2.32. The molecule has 1 saturated heterocycles. The van der Waals surface area contributed by atoms with Crippen molar-refractivity contribution in [2.45, 2.75) is 12.1 Å². The highest BCUT2D eigenvalue weighted by atomic mass is 15.2. The Bertz CT molecular complexity index is 1830. The Morgan fingerprint density at radius 2 is 0.909 bits per heavy atom. The molecule has 0 bridgehead atoms. The summed E-state index contributed by atoms with van der Waals surface area (Å²) in [6.45, 7) is 0. The molecule has 8 rings (SSSR count). The van der Waals surface area contributed by atoms with Gasteiger partial charge in [-0.25, -0.2) is 0 Å². The molecule has 5 aromatic carbocycles. The van der Waals surface area contributed by atoms with Gasteiger partial charge in [0.15, 0.2) is 0 Å². The lowest BCUT2D eigenvalue weighted by atomic mass is 9.83. The smallest absolute Gasteiger partial charge is 0.0551 e. The summed E-state index contributed by atoms with van der Waals surface area (Å²) in [4.78, 5) is 4.96. The van der Waals surface area contributed by atoms with E-state index in [1.54, 1.807) is 0 Å². The van der Waals surface area contributed by atoms with E-state index in [-0.39, 0.29) is 0 Å². The number of fused-ring (bicyclic) bond motifs is 3. The SMILES string of the molecule is C1=CC2C3C=CC=CC3N(c3ccc(-c4ccc(N(c5ccccc5)c5ccccc5-c5ccccc5)cc4)cc3)C2C=C1. The Balaban J connectivity index is 1.11. The van der Waals surface area contributed by atoms with E-state index < -0.39 is 0 Å². The van der Waals surface area contributed by atoms with E-state index in [1.807, 2.05) is 0 Å². The van der Waals surface area contributed by atoms with Crippen LogP contribution in [0.5, 0.6) is 0 Å². The van der Waals surface area contributed by atoms with Crippen molar-refractivity contribution in [1.29, 1.82) is 0 Å². The predicted molar refractivity (Wildman–Crippen MR) is 186 cm³/mol. The second-order valence-electron chi connectivity index (χ2n) is 11.7. The van der Waals surface area contributed by atoms with E-state index in [9.17, 15) is 0 Å². The molecule has 44 heavy (non-hydrogen) atoms. The Kier molecular flexibility index (Phi) is 6.81. The second kappa shape index (κ2) is 11.4. The first-order valence-electron chi connectivity index (χ1n) is 15.5. The quantitative estimate of drug-likeness (QED) is 0.202. The zero-order chi connectivity index (χ0) is 29.3. The first-order valence-corrected chi connectivity index (χ1v) is 15.5. The molecule has 1 fully saturated rings. The van der Waals surface area contributed by atoms with Crippen LogP contribution in [0.4, 0.5) is 22.7 Å². The van der Waals surface area contributed by atoms with Crippen molar-refractivity contribution < 1.29 is 0 Å². The minimum absolute atomic E-state index is 0.385. The summed E-state index contributed by atoms with van der Waals surface area (Å²) < 4.78 is 0. The fraction of sp³-hybridized carbons (Fsp3) is 0.0952. The third-order valence-corrected chi connectivity index (χ3v) is 9.25. The Morgan fingerprint density at radius 3 is 1.55 bits per heavy atom. The van der Waals surface area contributed by atoms with Crippen LogP contribution in [0.15, 0.2) is 182 Å². The zero-order valence-corrected chi connectivity index (χ0v) is 24.5. The molecular formula is C42H34N2. The van der Waals surface area contributed by atoms with Crippen LogP contribution >= 0.6 is 0 Å². The van der Waals surface area contributed by atoms with Gasteiger partial charge in [-0.3, -0.25) is 0 Å². The summed E-state index contributed by atoms with van der Waals surface area (Å²) in [5.74, 6) is 1.02. The summed E-state index contributed by atoms with van der Waals surface area (Å²) in [5.41, 5.74) is 9.54. The average Bonchev–Trinajstić information content (AvgIpc) is 3.44. The maximum atomic E-state index is 2.60. The minimum atomic E-state index is 0.385. The van der Waals surface area contributed by atoms with Crippen molar-refractivity contribution in [3.8, 4) is 22.3 Å². The molecule has 0 spiro atoms. The van der Waals surface area contributed by atoms with Crippen LogP contribution in [0.25, 0.3) is 22.3 Å². The Labute approximate surface area is 260 Å². The molecule has 2 nitrogen and oxygen atoms in total. The Morgan fingerprint density at radius 1 is 0.409 bits per heavy atom. The summed E-state index contributed by atoms with van der Waals surface area (Å²) in [6.07, 6.45) is 18.3.